The summed E-state index contributed by atoms with van der Waals surface area (Å²) < 4.78 is 22.0. The van der Waals surface area contributed by atoms with Crippen LogP contribution >= 0.6 is 0 Å². The molecule has 1 N–H and O–H groups in total. The lowest BCUT2D eigenvalue weighted by Crippen LogP contribution is -2.15. The van der Waals surface area contributed by atoms with E-state index < -0.39 is 6.29 Å². The molecule has 0 saturated heterocycles. The number of nitrogens with zero attached hydrogens (tertiary/aromatic N) is 1. The van der Waals surface area contributed by atoms with Crippen LogP contribution in [0.5, 0.6) is 23.0 Å². The largest absolute Gasteiger partial charge is 0.493 e. The van der Waals surface area contributed by atoms with Crippen LogP contribution in [0.1, 0.15) is 75.8 Å². The Bertz CT molecular complexity index is 995. The van der Waals surface area contributed by atoms with Crippen molar-refractivity contribution in [1.82, 2.24) is 0 Å². The number of hydrogen-bond donors (Lipinski definition) is 1. The van der Waals surface area contributed by atoms with Crippen LogP contribution < -0.4 is 18.9 Å². The molecule has 2 aromatic carbocycles. The second kappa shape index (κ2) is 13.5. The van der Waals surface area contributed by atoms with Crippen molar-refractivity contribution in [2.45, 2.75) is 71.0 Å². The topological polar surface area (TPSA) is 80.9 Å². The van der Waals surface area contributed by atoms with Gasteiger partial charge in [0.1, 0.15) is 0 Å². The van der Waals surface area contributed by atoms with E-state index in [1.165, 1.54) is 38.5 Å². The van der Waals surface area contributed by atoms with Gasteiger partial charge >= 0.3 is 0 Å². The van der Waals surface area contributed by atoms with E-state index in [0.29, 0.717) is 35.0 Å². The van der Waals surface area contributed by atoms with Crippen LogP contribution in [0.25, 0.3) is 11.6 Å². The van der Waals surface area contributed by atoms with Crippen molar-refractivity contribution in [3.8, 4) is 29.1 Å². The third-order valence-corrected chi connectivity index (χ3v) is 5.87. The van der Waals surface area contributed by atoms with E-state index in [-0.39, 0.29) is 6.79 Å². The highest BCUT2D eigenvalue weighted by atomic mass is 16.7. The van der Waals surface area contributed by atoms with Crippen molar-refractivity contribution in [2.75, 3.05) is 13.9 Å². The summed E-state index contributed by atoms with van der Waals surface area (Å²) in [6, 6.07) is 13.1. The molecule has 182 valence electrons. The minimum atomic E-state index is -0.876. The number of rotatable bonds is 14. The summed E-state index contributed by atoms with van der Waals surface area (Å²) in [6.45, 7) is 2.42. The molecule has 6 heteroatoms. The molecule has 0 saturated carbocycles. The Hall–Kier alpha value is -3.17. The molecule has 34 heavy (non-hydrogen) atoms. The predicted molar refractivity (Wildman–Crippen MR) is 133 cm³/mol. The summed E-state index contributed by atoms with van der Waals surface area (Å²) in [4.78, 5) is 0. The van der Waals surface area contributed by atoms with Gasteiger partial charge in [-0.25, -0.2) is 0 Å². The number of methoxy groups -OCH3 is 1. The number of benzene rings is 2. The molecular formula is C28H35NO5. The zero-order valence-corrected chi connectivity index (χ0v) is 20.2. The average molecular weight is 466 g/mol. The number of ether oxygens (including phenoxy) is 4. The predicted octanol–water partition coefficient (Wildman–Crippen LogP) is 6.72. The standard InChI is InChI=1S/C28H35NO5/c1-3-4-5-6-7-8-9-10-11-28(30)34-25-14-12-21(17-26(25)31-2)16-23(19-29)22-13-15-24-27(18-22)33-20-32-24/h12-18,28,30H,3-11,20H2,1-2H3/b23-16+. The van der Waals surface area contributed by atoms with E-state index in [2.05, 4.69) is 13.0 Å². The molecular weight excluding hydrogens is 430 g/mol. The van der Waals surface area contributed by atoms with Crippen molar-refractivity contribution in [2.24, 2.45) is 0 Å². The molecule has 1 heterocycles. The minimum Gasteiger partial charge on any atom is -0.493 e. The van der Waals surface area contributed by atoms with Crippen LogP contribution in [-0.4, -0.2) is 25.3 Å². The molecule has 0 radical (unpaired) electrons. The Morgan fingerprint density at radius 3 is 2.47 bits per heavy atom. The smallest absolute Gasteiger partial charge is 0.231 e. The van der Waals surface area contributed by atoms with E-state index >= 15 is 0 Å². The highest BCUT2D eigenvalue weighted by Crippen LogP contribution is 2.35. The zero-order chi connectivity index (χ0) is 24.2. The summed E-state index contributed by atoms with van der Waals surface area (Å²) >= 11 is 0. The number of unbranched alkanes of at least 4 members (excludes halogenated alkanes) is 7. The number of hydrogen-bond acceptors (Lipinski definition) is 6. The van der Waals surface area contributed by atoms with E-state index in [1.807, 2.05) is 12.1 Å². The van der Waals surface area contributed by atoms with Crippen molar-refractivity contribution in [3.05, 3.63) is 47.5 Å². The van der Waals surface area contributed by atoms with Crippen molar-refractivity contribution < 1.29 is 24.1 Å². The third-order valence-electron chi connectivity index (χ3n) is 5.87. The maximum atomic E-state index is 10.3. The van der Waals surface area contributed by atoms with Crippen LogP contribution in [0.3, 0.4) is 0 Å². The summed E-state index contributed by atoms with van der Waals surface area (Å²) in [5, 5.41) is 20.0. The Morgan fingerprint density at radius 1 is 1.00 bits per heavy atom. The van der Waals surface area contributed by atoms with Gasteiger partial charge in [-0.1, -0.05) is 57.9 Å². The molecule has 1 unspecified atom stereocenters. The fourth-order valence-electron chi connectivity index (χ4n) is 3.94. The molecule has 3 rings (SSSR count). The summed E-state index contributed by atoms with van der Waals surface area (Å²) in [7, 11) is 1.56. The van der Waals surface area contributed by atoms with Gasteiger partial charge in [-0.2, -0.15) is 5.26 Å². The lowest BCUT2D eigenvalue weighted by Gasteiger charge is -2.16. The van der Waals surface area contributed by atoms with Gasteiger partial charge < -0.3 is 24.1 Å². The number of nitriles is 1. The van der Waals surface area contributed by atoms with Crippen LogP contribution in [0.2, 0.25) is 0 Å². The van der Waals surface area contributed by atoms with Gasteiger partial charge in [0.25, 0.3) is 0 Å². The lowest BCUT2D eigenvalue weighted by molar-refractivity contribution is -0.0261. The highest BCUT2D eigenvalue weighted by Gasteiger charge is 2.15. The van der Waals surface area contributed by atoms with Crippen molar-refractivity contribution in [1.29, 1.82) is 5.26 Å². The van der Waals surface area contributed by atoms with E-state index in [4.69, 9.17) is 18.9 Å². The van der Waals surface area contributed by atoms with Crippen LogP contribution in [0.4, 0.5) is 0 Å². The number of fused-ring (bicyclic) bond motifs is 1. The molecule has 1 aliphatic rings. The monoisotopic (exact) mass is 465 g/mol. The zero-order valence-electron chi connectivity index (χ0n) is 20.2. The first-order valence-electron chi connectivity index (χ1n) is 12.2. The van der Waals surface area contributed by atoms with E-state index in [1.54, 1.807) is 37.5 Å². The Balaban J connectivity index is 1.56. The SMILES string of the molecule is CCCCCCCCCCC(O)Oc1ccc(/C=C(\C#N)c2ccc3c(c2)OCO3)cc1OC. The van der Waals surface area contributed by atoms with Crippen molar-refractivity contribution >= 4 is 11.6 Å². The van der Waals surface area contributed by atoms with Gasteiger partial charge in [0.15, 0.2) is 29.3 Å². The lowest BCUT2D eigenvalue weighted by atomic mass is 10.0. The summed E-state index contributed by atoms with van der Waals surface area (Å²) in [6.07, 6.45) is 11.2. The van der Waals surface area contributed by atoms with Gasteiger partial charge in [-0.3, -0.25) is 0 Å². The Labute approximate surface area is 202 Å². The van der Waals surface area contributed by atoms with Gasteiger partial charge in [0.2, 0.25) is 6.79 Å². The number of allylic oxidation sites excluding steroid dienone is 1. The molecule has 0 aliphatic carbocycles. The fraction of sp³-hybridized carbons (Fsp3) is 0.464. The number of aliphatic hydroxyl groups excluding tert-OH is 1. The molecule has 0 bridgehead atoms. The van der Waals surface area contributed by atoms with Crippen LogP contribution in [0, 0.1) is 11.3 Å². The van der Waals surface area contributed by atoms with Gasteiger partial charge in [0, 0.05) is 6.42 Å². The molecule has 1 atom stereocenters. The maximum absolute atomic E-state index is 10.3. The molecule has 6 nitrogen and oxygen atoms in total. The first-order chi connectivity index (χ1) is 16.6. The highest BCUT2D eigenvalue weighted by molar-refractivity contribution is 5.90. The number of aliphatic hydroxyl groups is 1. The molecule has 0 fully saturated rings. The van der Waals surface area contributed by atoms with Crippen LogP contribution in [-0.2, 0) is 0 Å². The normalized spacial score (nSPS) is 13.4. The average Bonchev–Trinajstić information content (AvgIpc) is 3.33. The Kier molecular flexibility index (Phi) is 10.1. The third kappa shape index (κ3) is 7.43. The van der Waals surface area contributed by atoms with E-state index in [9.17, 15) is 10.4 Å². The Morgan fingerprint density at radius 2 is 1.74 bits per heavy atom. The second-order valence-corrected chi connectivity index (χ2v) is 8.48. The molecule has 2 aromatic rings. The van der Waals surface area contributed by atoms with Gasteiger partial charge in [-0.15, -0.1) is 0 Å². The summed E-state index contributed by atoms with van der Waals surface area (Å²) in [5.41, 5.74) is 2.02. The van der Waals surface area contributed by atoms with E-state index in [0.717, 1.165) is 24.0 Å². The first kappa shape index (κ1) is 25.5. The second-order valence-electron chi connectivity index (χ2n) is 8.48. The molecule has 1 aliphatic heterocycles. The van der Waals surface area contributed by atoms with Gasteiger partial charge in [-0.05, 0) is 54.0 Å². The van der Waals surface area contributed by atoms with Crippen LogP contribution in [0.15, 0.2) is 36.4 Å². The first-order valence-corrected chi connectivity index (χ1v) is 12.2. The molecule has 0 amide bonds. The van der Waals surface area contributed by atoms with Gasteiger partial charge in [0.05, 0.1) is 18.8 Å². The maximum Gasteiger partial charge on any atom is 0.231 e. The minimum absolute atomic E-state index is 0.188. The molecule has 0 aromatic heterocycles. The fourth-order valence-corrected chi connectivity index (χ4v) is 3.94. The molecule has 0 spiro atoms. The quantitative estimate of drug-likeness (QED) is 0.144. The summed E-state index contributed by atoms with van der Waals surface area (Å²) in [5.74, 6) is 2.29. The van der Waals surface area contributed by atoms with Crippen molar-refractivity contribution in [3.63, 3.8) is 0 Å².